The molecule has 1 aliphatic rings. The minimum atomic E-state index is -1.07. The summed E-state index contributed by atoms with van der Waals surface area (Å²) in [6.45, 7) is 1.50. The van der Waals surface area contributed by atoms with Gasteiger partial charge in [-0.1, -0.05) is 29.8 Å². The van der Waals surface area contributed by atoms with E-state index in [0.29, 0.717) is 11.3 Å². The largest absolute Gasteiger partial charge is 0.488 e. The fourth-order valence-corrected chi connectivity index (χ4v) is 2.56. The molecule has 0 saturated heterocycles. The first-order chi connectivity index (χ1) is 12.4. The Kier molecular flexibility index (Phi) is 5.23. The number of fused-ring (bicyclic) bond motifs is 1. The maximum atomic E-state index is 13.0. The first-order valence-electron chi connectivity index (χ1n) is 7.83. The lowest BCUT2D eigenvalue weighted by atomic mass is 10.1. The van der Waals surface area contributed by atoms with Gasteiger partial charge in [-0.05, 0) is 37.3 Å². The predicted octanol–water partition coefficient (Wildman–Crippen LogP) is 3.83. The van der Waals surface area contributed by atoms with Gasteiger partial charge in [-0.3, -0.25) is 4.79 Å². The Morgan fingerprint density at radius 2 is 2.04 bits per heavy atom. The number of rotatable bonds is 4. The molecule has 1 atom stereocenters. The summed E-state index contributed by atoms with van der Waals surface area (Å²) in [4.78, 5) is 24.4. The number of benzene rings is 2. The van der Waals surface area contributed by atoms with Gasteiger partial charge in [0.2, 0.25) is 0 Å². The van der Waals surface area contributed by atoms with E-state index in [2.05, 4.69) is 5.32 Å². The van der Waals surface area contributed by atoms with Gasteiger partial charge in [0.05, 0.1) is 16.3 Å². The number of nitrogens with one attached hydrogen (secondary N) is 1. The van der Waals surface area contributed by atoms with E-state index in [0.717, 1.165) is 11.6 Å². The van der Waals surface area contributed by atoms with Crippen molar-refractivity contribution < 1.29 is 23.5 Å². The number of halogens is 2. The second kappa shape index (κ2) is 7.58. The van der Waals surface area contributed by atoms with Crippen molar-refractivity contribution in [2.24, 2.45) is 0 Å². The van der Waals surface area contributed by atoms with Crippen LogP contribution < -0.4 is 10.1 Å². The molecule has 0 bridgehead atoms. The van der Waals surface area contributed by atoms with Gasteiger partial charge in [0.25, 0.3) is 5.91 Å². The molecule has 2 aromatic rings. The van der Waals surface area contributed by atoms with Gasteiger partial charge in [-0.15, -0.1) is 0 Å². The van der Waals surface area contributed by atoms with Crippen molar-refractivity contribution in [1.29, 1.82) is 0 Å². The lowest BCUT2D eigenvalue weighted by Gasteiger charge is -2.19. The number of carbonyl (C=O) groups excluding carboxylic acids is 2. The Labute approximate surface area is 154 Å². The van der Waals surface area contributed by atoms with Crippen LogP contribution in [0.25, 0.3) is 6.08 Å². The molecule has 1 amide bonds. The Balaban J connectivity index is 1.64. The summed E-state index contributed by atoms with van der Waals surface area (Å²) < 4.78 is 23.7. The second-order valence-electron chi connectivity index (χ2n) is 5.66. The standard InChI is InChI=1S/C19H15ClFNO4/c1-11(18(23)22-16-7-6-14(21)9-15(16)20)26-19(24)13-8-12-4-2-3-5-17(12)25-10-13/h2-9,11H,10H2,1H3,(H,22,23)/t11-/m0/s1. The van der Waals surface area contributed by atoms with Crippen molar-refractivity contribution in [2.75, 3.05) is 11.9 Å². The number of anilines is 1. The molecule has 134 valence electrons. The summed E-state index contributed by atoms with van der Waals surface area (Å²) >= 11 is 5.87. The van der Waals surface area contributed by atoms with Crippen molar-refractivity contribution in [3.05, 3.63) is 64.4 Å². The third-order valence-electron chi connectivity index (χ3n) is 3.74. The molecule has 1 N–H and O–H groups in total. The van der Waals surface area contributed by atoms with Crippen molar-refractivity contribution >= 4 is 35.2 Å². The van der Waals surface area contributed by atoms with E-state index >= 15 is 0 Å². The van der Waals surface area contributed by atoms with E-state index in [4.69, 9.17) is 21.1 Å². The molecule has 0 radical (unpaired) electrons. The third-order valence-corrected chi connectivity index (χ3v) is 4.05. The van der Waals surface area contributed by atoms with Crippen molar-refractivity contribution in [3.63, 3.8) is 0 Å². The molecule has 7 heteroatoms. The molecular weight excluding hydrogens is 361 g/mol. The van der Waals surface area contributed by atoms with Crippen molar-refractivity contribution in [1.82, 2.24) is 0 Å². The molecule has 26 heavy (non-hydrogen) atoms. The number of amides is 1. The van der Waals surface area contributed by atoms with Crippen LogP contribution in [-0.2, 0) is 14.3 Å². The van der Waals surface area contributed by atoms with E-state index < -0.39 is 23.8 Å². The van der Waals surface area contributed by atoms with Gasteiger partial charge in [-0.25, -0.2) is 9.18 Å². The molecule has 0 unspecified atom stereocenters. The summed E-state index contributed by atoms with van der Waals surface area (Å²) in [6.07, 6.45) is 0.601. The molecule has 0 fully saturated rings. The van der Waals surface area contributed by atoms with Crippen LogP contribution in [0.15, 0.2) is 48.0 Å². The van der Waals surface area contributed by atoms with E-state index in [1.807, 2.05) is 18.2 Å². The van der Waals surface area contributed by atoms with Gasteiger partial charge in [-0.2, -0.15) is 0 Å². The summed E-state index contributed by atoms with van der Waals surface area (Å²) in [7, 11) is 0. The lowest BCUT2D eigenvalue weighted by Crippen LogP contribution is -2.31. The first kappa shape index (κ1) is 17.9. The lowest BCUT2D eigenvalue weighted by molar-refractivity contribution is -0.149. The zero-order valence-corrected chi connectivity index (χ0v) is 14.5. The highest BCUT2D eigenvalue weighted by atomic mass is 35.5. The van der Waals surface area contributed by atoms with E-state index in [1.54, 1.807) is 12.1 Å². The topological polar surface area (TPSA) is 64.6 Å². The highest BCUT2D eigenvalue weighted by Crippen LogP contribution is 2.26. The highest BCUT2D eigenvalue weighted by Gasteiger charge is 2.23. The molecule has 0 aromatic heterocycles. The van der Waals surface area contributed by atoms with E-state index in [-0.39, 0.29) is 17.3 Å². The molecule has 0 aliphatic carbocycles. The second-order valence-corrected chi connectivity index (χ2v) is 6.06. The van der Waals surface area contributed by atoms with E-state index in [1.165, 1.54) is 19.1 Å². The monoisotopic (exact) mass is 375 g/mol. The Bertz CT molecular complexity index is 897. The van der Waals surface area contributed by atoms with Crippen LogP contribution >= 0.6 is 11.6 Å². The van der Waals surface area contributed by atoms with Gasteiger partial charge in [0.15, 0.2) is 6.10 Å². The molecule has 2 aromatic carbocycles. The zero-order chi connectivity index (χ0) is 18.7. The van der Waals surface area contributed by atoms with Crippen LogP contribution in [-0.4, -0.2) is 24.6 Å². The quantitative estimate of drug-likeness (QED) is 0.825. The predicted molar refractivity (Wildman–Crippen MR) is 95.5 cm³/mol. The van der Waals surface area contributed by atoms with Crippen LogP contribution in [0, 0.1) is 5.82 Å². The number of hydrogen-bond donors (Lipinski definition) is 1. The molecule has 0 spiro atoms. The van der Waals surface area contributed by atoms with E-state index in [9.17, 15) is 14.0 Å². The summed E-state index contributed by atoms with van der Waals surface area (Å²) in [5.74, 6) is -1.06. The average molecular weight is 376 g/mol. The van der Waals surface area contributed by atoms with Crippen molar-refractivity contribution in [3.8, 4) is 5.75 Å². The molecule has 0 saturated carbocycles. The summed E-state index contributed by atoms with van der Waals surface area (Å²) in [5, 5.41) is 2.55. The zero-order valence-electron chi connectivity index (χ0n) is 13.8. The van der Waals surface area contributed by atoms with Crippen LogP contribution in [0.3, 0.4) is 0 Å². The number of hydrogen-bond acceptors (Lipinski definition) is 4. The molecule has 3 rings (SSSR count). The smallest absolute Gasteiger partial charge is 0.338 e. The number of ether oxygens (including phenoxy) is 2. The van der Waals surface area contributed by atoms with Gasteiger partial charge >= 0.3 is 5.97 Å². The number of carbonyl (C=O) groups is 2. The number of para-hydroxylation sites is 1. The molecule has 1 aliphatic heterocycles. The van der Waals surface area contributed by atoms with Crippen LogP contribution in [0.4, 0.5) is 10.1 Å². The summed E-state index contributed by atoms with van der Waals surface area (Å²) in [5.41, 5.74) is 1.30. The molecular formula is C19H15ClFNO4. The molecule has 1 heterocycles. The Hall–Kier alpha value is -2.86. The normalized spacial score (nSPS) is 13.7. The maximum absolute atomic E-state index is 13.0. The third kappa shape index (κ3) is 4.03. The first-order valence-corrected chi connectivity index (χ1v) is 8.21. The fourth-order valence-electron chi connectivity index (χ4n) is 2.35. The minimum absolute atomic E-state index is 0.0527. The highest BCUT2D eigenvalue weighted by molar-refractivity contribution is 6.33. The van der Waals surface area contributed by atoms with Gasteiger partial charge in [0.1, 0.15) is 18.2 Å². The SMILES string of the molecule is C[C@H](OC(=O)C1=Cc2ccccc2OC1)C(=O)Nc1ccc(F)cc1Cl. The van der Waals surface area contributed by atoms with Gasteiger partial charge in [0, 0.05) is 5.56 Å². The van der Waals surface area contributed by atoms with Crippen LogP contribution in [0.5, 0.6) is 5.75 Å². The maximum Gasteiger partial charge on any atom is 0.338 e. The van der Waals surface area contributed by atoms with Crippen LogP contribution in [0.1, 0.15) is 12.5 Å². The Morgan fingerprint density at radius 1 is 1.27 bits per heavy atom. The van der Waals surface area contributed by atoms with Crippen molar-refractivity contribution in [2.45, 2.75) is 13.0 Å². The average Bonchev–Trinajstić information content (AvgIpc) is 2.63. The van der Waals surface area contributed by atoms with Gasteiger partial charge < -0.3 is 14.8 Å². The summed E-state index contributed by atoms with van der Waals surface area (Å²) in [6, 6.07) is 10.9. The fraction of sp³-hybridized carbons (Fsp3) is 0.158. The Morgan fingerprint density at radius 3 is 2.81 bits per heavy atom. The molecule has 5 nitrogen and oxygen atoms in total. The van der Waals surface area contributed by atoms with Crippen LogP contribution in [0.2, 0.25) is 5.02 Å². The number of esters is 1. The minimum Gasteiger partial charge on any atom is -0.488 e.